The molecule has 0 saturated carbocycles. The molecule has 1 aromatic heterocycles. The Kier molecular flexibility index (Phi) is 7.11. The smallest absolute Gasteiger partial charge is 0.229 e. The molecule has 10 heteroatoms. The van der Waals surface area contributed by atoms with Crippen molar-refractivity contribution < 1.29 is 9.53 Å². The Balaban J connectivity index is 1.65. The van der Waals surface area contributed by atoms with Gasteiger partial charge in [0.1, 0.15) is 10.8 Å². The lowest BCUT2D eigenvalue weighted by Crippen LogP contribution is -2.43. The zero-order chi connectivity index (χ0) is 23.2. The highest BCUT2D eigenvalue weighted by atomic mass is 35.5. The highest BCUT2D eigenvalue weighted by Crippen LogP contribution is 2.38. The summed E-state index contributed by atoms with van der Waals surface area (Å²) in [6.07, 6.45) is 1.53. The number of hydrogen-bond donors (Lipinski definition) is 4. The summed E-state index contributed by atoms with van der Waals surface area (Å²) in [6, 6.07) is 13.4. The molecule has 2 heterocycles. The third-order valence-corrected chi connectivity index (χ3v) is 5.39. The van der Waals surface area contributed by atoms with E-state index in [1.807, 2.05) is 42.5 Å². The van der Waals surface area contributed by atoms with Gasteiger partial charge in [0.25, 0.3) is 0 Å². The zero-order valence-electron chi connectivity index (χ0n) is 18.5. The molecule has 0 unspecified atom stereocenters. The van der Waals surface area contributed by atoms with Gasteiger partial charge >= 0.3 is 0 Å². The lowest BCUT2D eigenvalue weighted by molar-refractivity contribution is -0.114. The Morgan fingerprint density at radius 1 is 1.12 bits per heavy atom. The quantitative estimate of drug-likeness (QED) is 0.413. The zero-order valence-corrected chi connectivity index (χ0v) is 19.2. The van der Waals surface area contributed by atoms with Gasteiger partial charge in [-0.3, -0.25) is 4.79 Å². The second kappa shape index (κ2) is 10.4. The van der Waals surface area contributed by atoms with E-state index in [0.717, 1.165) is 37.6 Å². The summed E-state index contributed by atoms with van der Waals surface area (Å²) < 4.78 is 5.64. The van der Waals surface area contributed by atoms with E-state index in [4.69, 9.17) is 16.3 Å². The Hall–Kier alpha value is -3.56. The van der Waals surface area contributed by atoms with Crippen LogP contribution in [0.15, 0.2) is 48.7 Å². The molecule has 33 heavy (non-hydrogen) atoms. The molecule has 3 aromatic rings. The summed E-state index contributed by atoms with van der Waals surface area (Å²) in [5.41, 5.74) is 3.06. The van der Waals surface area contributed by atoms with Gasteiger partial charge in [0.05, 0.1) is 30.4 Å². The van der Waals surface area contributed by atoms with Crippen LogP contribution >= 0.6 is 11.6 Å². The maximum absolute atomic E-state index is 11.9. The second-order valence-corrected chi connectivity index (χ2v) is 7.90. The van der Waals surface area contributed by atoms with Gasteiger partial charge in [0.2, 0.25) is 11.9 Å². The van der Waals surface area contributed by atoms with E-state index in [-0.39, 0.29) is 5.91 Å². The molecule has 0 bridgehead atoms. The average molecular weight is 468 g/mol. The third-order valence-electron chi connectivity index (χ3n) is 5.11. The Morgan fingerprint density at radius 2 is 1.88 bits per heavy atom. The summed E-state index contributed by atoms with van der Waals surface area (Å²) in [4.78, 5) is 22.9. The largest absolute Gasteiger partial charge is 0.494 e. The molecule has 1 saturated heterocycles. The van der Waals surface area contributed by atoms with E-state index >= 15 is 0 Å². The van der Waals surface area contributed by atoms with E-state index < -0.39 is 0 Å². The number of nitrogens with one attached hydrogen (secondary N) is 4. The van der Waals surface area contributed by atoms with Crippen LogP contribution in [0.1, 0.15) is 6.92 Å². The molecule has 9 nitrogen and oxygen atoms in total. The molecule has 4 rings (SSSR count). The molecule has 1 aliphatic heterocycles. The number of carbonyl (C=O) groups is 1. The maximum Gasteiger partial charge on any atom is 0.229 e. The number of ether oxygens (including phenoxy) is 1. The molecule has 0 radical (unpaired) electrons. The van der Waals surface area contributed by atoms with Crippen LogP contribution in [0.4, 0.5) is 34.5 Å². The van der Waals surface area contributed by atoms with E-state index in [1.54, 1.807) is 7.11 Å². The summed E-state index contributed by atoms with van der Waals surface area (Å²) in [6.45, 7) is 4.90. The highest BCUT2D eigenvalue weighted by molar-refractivity contribution is 6.32. The minimum absolute atomic E-state index is 0.153. The van der Waals surface area contributed by atoms with Crippen LogP contribution < -0.4 is 30.9 Å². The van der Waals surface area contributed by atoms with Crippen molar-refractivity contribution in [3.05, 3.63) is 53.7 Å². The van der Waals surface area contributed by atoms with Crippen molar-refractivity contribution in [1.82, 2.24) is 15.3 Å². The molecular weight excluding hydrogens is 442 g/mol. The number of halogens is 1. The van der Waals surface area contributed by atoms with Crippen LogP contribution in [0.5, 0.6) is 5.75 Å². The highest BCUT2D eigenvalue weighted by Gasteiger charge is 2.19. The van der Waals surface area contributed by atoms with Crippen molar-refractivity contribution in [1.29, 1.82) is 0 Å². The van der Waals surface area contributed by atoms with E-state index in [0.29, 0.717) is 33.9 Å². The van der Waals surface area contributed by atoms with Gasteiger partial charge in [-0.05, 0) is 18.2 Å². The van der Waals surface area contributed by atoms with Gasteiger partial charge in [-0.1, -0.05) is 29.8 Å². The molecule has 172 valence electrons. The SMILES string of the molecule is COc1cc(N2CCNCC2)c(NC(C)=O)cc1Nc1ncc(Cl)c(Nc2ccccc2)n1. The topological polar surface area (TPSA) is 103 Å². The summed E-state index contributed by atoms with van der Waals surface area (Å²) >= 11 is 6.30. The van der Waals surface area contributed by atoms with Gasteiger partial charge in [0.15, 0.2) is 5.82 Å². The van der Waals surface area contributed by atoms with Crippen molar-refractivity contribution >= 4 is 52.0 Å². The van der Waals surface area contributed by atoms with Crippen LogP contribution in [-0.4, -0.2) is 49.2 Å². The van der Waals surface area contributed by atoms with Crippen molar-refractivity contribution in [3.8, 4) is 5.75 Å². The van der Waals surface area contributed by atoms with Crippen molar-refractivity contribution in [3.63, 3.8) is 0 Å². The first-order valence-electron chi connectivity index (χ1n) is 10.6. The fourth-order valence-electron chi connectivity index (χ4n) is 3.59. The monoisotopic (exact) mass is 467 g/mol. The normalized spacial score (nSPS) is 13.4. The van der Waals surface area contributed by atoms with Crippen molar-refractivity contribution in [2.45, 2.75) is 6.92 Å². The summed E-state index contributed by atoms with van der Waals surface area (Å²) in [5.74, 6) is 1.26. The number of amides is 1. The number of aromatic nitrogens is 2. The first kappa shape index (κ1) is 22.6. The number of piperazine rings is 1. The Labute approximate surface area is 197 Å². The van der Waals surface area contributed by atoms with Crippen molar-refractivity contribution in [2.75, 3.05) is 54.1 Å². The Bertz CT molecular complexity index is 1120. The molecule has 2 aromatic carbocycles. The van der Waals surface area contributed by atoms with Gasteiger partial charge < -0.3 is 30.9 Å². The second-order valence-electron chi connectivity index (χ2n) is 7.49. The number of anilines is 6. The van der Waals surface area contributed by atoms with Crippen LogP contribution in [0.25, 0.3) is 0 Å². The van der Waals surface area contributed by atoms with Crippen LogP contribution in [-0.2, 0) is 4.79 Å². The number of para-hydroxylation sites is 1. The van der Waals surface area contributed by atoms with Gasteiger partial charge in [0, 0.05) is 44.9 Å². The fourth-order valence-corrected chi connectivity index (χ4v) is 3.72. The number of rotatable bonds is 7. The van der Waals surface area contributed by atoms with Gasteiger partial charge in [-0.25, -0.2) is 4.98 Å². The lowest BCUT2D eigenvalue weighted by atomic mass is 10.1. The predicted molar refractivity (Wildman–Crippen MR) is 132 cm³/mol. The fraction of sp³-hybridized carbons (Fsp3) is 0.261. The molecule has 1 amide bonds. The number of carbonyl (C=O) groups excluding carboxylic acids is 1. The molecule has 1 aliphatic rings. The van der Waals surface area contributed by atoms with Crippen LogP contribution in [0.3, 0.4) is 0 Å². The third kappa shape index (κ3) is 5.63. The Morgan fingerprint density at radius 3 is 2.58 bits per heavy atom. The van der Waals surface area contributed by atoms with Crippen LogP contribution in [0, 0.1) is 0 Å². The number of benzene rings is 2. The molecule has 0 aliphatic carbocycles. The minimum atomic E-state index is -0.153. The lowest BCUT2D eigenvalue weighted by Gasteiger charge is -2.31. The van der Waals surface area contributed by atoms with Crippen molar-refractivity contribution in [2.24, 2.45) is 0 Å². The number of methoxy groups -OCH3 is 1. The molecule has 1 fully saturated rings. The first-order chi connectivity index (χ1) is 16.0. The molecule has 0 spiro atoms. The van der Waals surface area contributed by atoms with Crippen LogP contribution in [0.2, 0.25) is 5.02 Å². The predicted octanol–water partition coefficient (Wildman–Crippen LogP) is 3.99. The summed E-state index contributed by atoms with van der Waals surface area (Å²) in [5, 5.41) is 13.0. The van der Waals surface area contributed by atoms with E-state index in [1.165, 1.54) is 13.1 Å². The van der Waals surface area contributed by atoms with E-state index in [2.05, 4.69) is 36.1 Å². The minimum Gasteiger partial charge on any atom is -0.494 e. The summed E-state index contributed by atoms with van der Waals surface area (Å²) in [7, 11) is 1.60. The average Bonchev–Trinajstić information content (AvgIpc) is 2.82. The van der Waals surface area contributed by atoms with Gasteiger partial charge in [-0.15, -0.1) is 0 Å². The molecular formula is C23H26ClN7O2. The molecule has 0 atom stereocenters. The van der Waals surface area contributed by atoms with Gasteiger partial charge in [-0.2, -0.15) is 4.98 Å². The first-order valence-corrected chi connectivity index (χ1v) is 11.0. The van der Waals surface area contributed by atoms with E-state index in [9.17, 15) is 4.79 Å². The number of nitrogens with zero attached hydrogens (tertiary/aromatic N) is 3. The molecule has 4 N–H and O–H groups in total. The standard InChI is InChI=1S/C23H26ClN7O2/c1-15(32)27-18-12-19(21(33-2)13-20(18)31-10-8-25-9-11-31)29-23-26-14-17(24)22(30-23)28-16-6-4-3-5-7-16/h3-7,12-14,25H,8-11H2,1-2H3,(H,27,32)(H2,26,28,29,30). The maximum atomic E-state index is 11.9. The number of hydrogen-bond acceptors (Lipinski definition) is 8.